The number of aromatic nitrogens is 1. The fraction of sp³-hybridized carbons (Fsp3) is 0.364. The summed E-state index contributed by atoms with van der Waals surface area (Å²) < 4.78 is 33.2. The molecule has 0 atom stereocenters. The maximum atomic E-state index is 12.8. The van der Waals surface area contributed by atoms with Gasteiger partial charge in [-0.15, -0.1) is 0 Å². The zero-order valence-corrected chi connectivity index (χ0v) is 19.7. The second-order valence-corrected chi connectivity index (χ2v) is 10.6. The number of aromatic amines is 1. The number of rotatable bonds is 13. The molecule has 178 valence electrons. The third kappa shape index (κ3) is 7.13. The molecule has 0 saturated carbocycles. The molecule has 0 aliphatic carbocycles. The van der Waals surface area contributed by atoms with Crippen LogP contribution in [-0.2, 0) is 32.4 Å². The summed E-state index contributed by atoms with van der Waals surface area (Å²) in [5.41, 5.74) is 7.35. The number of amides is 1. The van der Waals surface area contributed by atoms with E-state index in [9.17, 15) is 23.1 Å². The second-order valence-electron chi connectivity index (χ2n) is 7.49. The van der Waals surface area contributed by atoms with E-state index in [1.165, 1.54) is 10.4 Å². The maximum Gasteiger partial charge on any atom is 0.305 e. The molecule has 0 unspecified atom stereocenters. The van der Waals surface area contributed by atoms with Gasteiger partial charge in [-0.3, -0.25) is 9.59 Å². The topological polar surface area (TPSA) is 143 Å². The summed E-state index contributed by atoms with van der Waals surface area (Å²) in [5, 5.41) is 9.96. The zero-order valence-electron chi connectivity index (χ0n) is 18.0. The first-order valence-electron chi connectivity index (χ1n) is 10.5. The molecule has 4 N–H and O–H groups in total. The van der Waals surface area contributed by atoms with Gasteiger partial charge in [-0.05, 0) is 30.0 Å². The van der Waals surface area contributed by atoms with Crippen LogP contribution in [0.1, 0.15) is 17.5 Å². The van der Waals surface area contributed by atoms with E-state index < -0.39 is 15.9 Å². The molecule has 0 radical (unpaired) electrons. The van der Waals surface area contributed by atoms with E-state index in [4.69, 9.17) is 10.5 Å². The Morgan fingerprint density at radius 2 is 1.85 bits per heavy atom. The number of aromatic hydroxyl groups is 1. The lowest BCUT2D eigenvalue weighted by Gasteiger charge is -2.22. The lowest BCUT2D eigenvalue weighted by Crippen LogP contribution is -2.38. The summed E-state index contributed by atoms with van der Waals surface area (Å²) in [6.07, 6.45) is 0.772. The first-order chi connectivity index (χ1) is 15.8. The summed E-state index contributed by atoms with van der Waals surface area (Å²) in [6.45, 7) is 0.912. The number of carbonyl (C=O) groups is 1. The smallest absolute Gasteiger partial charge is 0.305 e. The predicted octanol–water partition coefficient (Wildman–Crippen LogP) is 1.60. The van der Waals surface area contributed by atoms with Crippen molar-refractivity contribution in [2.24, 2.45) is 5.73 Å². The molecule has 0 saturated heterocycles. The highest BCUT2D eigenvalue weighted by molar-refractivity contribution is 7.89. The third-order valence-corrected chi connectivity index (χ3v) is 7.96. The van der Waals surface area contributed by atoms with Gasteiger partial charge < -0.3 is 20.6 Å². The molecule has 2 aromatic carbocycles. The van der Waals surface area contributed by atoms with Crippen molar-refractivity contribution in [3.8, 4) is 5.75 Å². The minimum absolute atomic E-state index is 0.0372. The molecule has 9 nitrogen and oxygen atoms in total. The van der Waals surface area contributed by atoms with Crippen LogP contribution in [-0.4, -0.2) is 60.8 Å². The fourth-order valence-corrected chi connectivity index (χ4v) is 5.70. The van der Waals surface area contributed by atoms with Crippen LogP contribution in [0.3, 0.4) is 0 Å². The lowest BCUT2D eigenvalue weighted by molar-refractivity contribution is -0.117. The molecule has 1 heterocycles. The molecule has 0 fully saturated rings. The van der Waals surface area contributed by atoms with Gasteiger partial charge in [0, 0.05) is 19.5 Å². The number of carbonyl (C=O) groups excluding carboxylic acids is 1. The number of primary amides is 1. The molecule has 0 aliphatic rings. The van der Waals surface area contributed by atoms with Gasteiger partial charge >= 0.3 is 4.87 Å². The Morgan fingerprint density at radius 1 is 1.09 bits per heavy atom. The van der Waals surface area contributed by atoms with Crippen molar-refractivity contribution in [2.45, 2.75) is 19.3 Å². The molecule has 1 amide bonds. The van der Waals surface area contributed by atoms with Crippen molar-refractivity contribution in [1.82, 2.24) is 9.29 Å². The maximum absolute atomic E-state index is 12.8. The third-order valence-electron chi connectivity index (χ3n) is 5.13. The van der Waals surface area contributed by atoms with E-state index in [1.807, 2.05) is 30.3 Å². The molecular weight excluding hydrogens is 466 g/mol. The number of nitrogens with one attached hydrogen (secondary N) is 1. The number of phenols is 1. The van der Waals surface area contributed by atoms with Crippen LogP contribution >= 0.6 is 11.3 Å². The number of benzene rings is 2. The van der Waals surface area contributed by atoms with Crippen LogP contribution in [0.15, 0.2) is 47.3 Å². The Balaban J connectivity index is 1.65. The zero-order chi connectivity index (χ0) is 23.8. The Labute approximate surface area is 195 Å². The van der Waals surface area contributed by atoms with Gasteiger partial charge in [0.1, 0.15) is 11.3 Å². The van der Waals surface area contributed by atoms with Gasteiger partial charge in [-0.25, -0.2) is 8.42 Å². The summed E-state index contributed by atoms with van der Waals surface area (Å²) in [6, 6.07) is 13.0. The Bertz CT molecular complexity index is 1240. The molecule has 11 heteroatoms. The molecule has 0 spiro atoms. The van der Waals surface area contributed by atoms with Crippen LogP contribution in [0.25, 0.3) is 10.2 Å². The van der Waals surface area contributed by atoms with E-state index in [-0.39, 0.29) is 42.5 Å². The van der Waals surface area contributed by atoms with Crippen molar-refractivity contribution < 1.29 is 23.1 Å². The normalized spacial score (nSPS) is 11.9. The highest BCUT2D eigenvalue weighted by Crippen LogP contribution is 2.28. The molecule has 33 heavy (non-hydrogen) atoms. The second kappa shape index (κ2) is 11.4. The van der Waals surface area contributed by atoms with Gasteiger partial charge in [0.15, 0.2) is 0 Å². The van der Waals surface area contributed by atoms with Crippen LogP contribution in [0, 0.1) is 0 Å². The van der Waals surface area contributed by atoms with Crippen LogP contribution < -0.4 is 10.6 Å². The van der Waals surface area contributed by atoms with Gasteiger partial charge in [-0.1, -0.05) is 47.7 Å². The van der Waals surface area contributed by atoms with Crippen LogP contribution in [0.2, 0.25) is 0 Å². The van der Waals surface area contributed by atoms with Gasteiger partial charge in [-0.2, -0.15) is 4.31 Å². The van der Waals surface area contributed by atoms with Gasteiger partial charge in [0.25, 0.3) is 0 Å². The number of fused-ring (bicyclic) bond motifs is 1. The molecular formula is C22H27N3O6S2. The van der Waals surface area contributed by atoms with Crippen molar-refractivity contribution in [1.29, 1.82) is 0 Å². The van der Waals surface area contributed by atoms with E-state index in [1.54, 1.807) is 6.07 Å². The minimum atomic E-state index is -3.75. The summed E-state index contributed by atoms with van der Waals surface area (Å²) in [4.78, 5) is 25.1. The largest absolute Gasteiger partial charge is 0.506 e. The summed E-state index contributed by atoms with van der Waals surface area (Å²) in [7, 11) is -3.75. The van der Waals surface area contributed by atoms with Crippen molar-refractivity contribution in [3.63, 3.8) is 0 Å². The Morgan fingerprint density at radius 3 is 2.58 bits per heavy atom. The molecule has 1 aromatic heterocycles. The Hall–Kier alpha value is -2.73. The number of hydrogen-bond acceptors (Lipinski definition) is 7. The quantitative estimate of drug-likeness (QED) is 0.309. The minimum Gasteiger partial charge on any atom is -0.506 e. The van der Waals surface area contributed by atoms with E-state index in [0.29, 0.717) is 29.7 Å². The monoisotopic (exact) mass is 493 g/mol. The highest BCUT2D eigenvalue weighted by Gasteiger charge is 2.23. The number of hydrogen-bond donors (Lipinski definition) is 3. The number of thiazole rings is 1. The number of nitrogens with zero attached hydrogens (tertiary/aromatic N) is 1. The average Bonchev–Trinajstić information content (AvgIpc) is 3.18. The number of phenolic OH excluding ortho intramolecular Hbond substituents is 1. The lowest BCUT2D eigenvalue weighted by atomic mass is 10.1. The number of sulfonamides is 1. The fourth-order valence-electron chi connectivity index (χ4n) is 3.37. The van der Waals surface area contributed by atoms with Crippen molar-refractivity contribution in [3.05, 3.63) is 63.3 Å². The van der Waals surface area contributed by atoms with E-state index in [2.05, 4.69) is 4.98 Å². The van der Waals surface area contributed by atoms with E-state index >= 15 is 0 Å². The highest BCUT2D eigenvalue weighted by atomic mass is 32.2. The first kappa shape index (κ1) is 24.9. The number of nitrogens with two attached hydrogens (primary N) is 1. The number of H-pyrrole nitrogens is 1. The van der Waals surface area contributed by atoms with Gasteiger partial charge in [0.2, 0.25) is 15.9 Å². The standard InChI is InChI=1S/C22H27N3O6S2/c23-19(27)10-15-33(29,30)25(12-14-31-13-9-16-4-2-1-3-5-16)11-8-17-6-7-18(26)20-21(17)32-22(28)24-20/h1-7,26H,8-15H2,(H2,23,27)(H,24,28). The SMILES string of the molecule is NC(=O)CCS(=O)(=O)N(CCOCCc1ccccc1)CCc1ccc(O)c2[nH]c(=O)sc12. The average molecular weight is 494 g/mol. The van der Waals surface area contributed by atoms with Crippen molar-refractivity contribution in [2.75, 3.05) is 32.1 Å². The number of ether oxygens (including phenoxy) is 1. The molecule has 0 aliphatic heterocycles. The van der Waals surface area contributed by atoms with Gasteiger partial charge in [0.05, 0.1) is 23.7 Å². The van der Waals surface area contributed by atoms with Crippen molar-refractivity contribution >= 4 is 37.5 Å². The summed E-state index contributed by atoms with van der Waals surface area (Å²) in [5.74, 6) is -1.10. The molecule has 3 aromatic rings. The van der Waals surface area contributed by atoms with Crippen LogP contribution in [0.5, 0.6) is 5.75 Å². The Kier molecular flexibility index (Phi) is 8.61. The molecule has 0 bridgehead atoms. The summed E-state index contributed by atoms with van der Waals surface area (Å²) >= 11 is 0.964. The molecule has 3 rings (SSSR count). The first-order valence-corrected chi connectivity index (χ1v) is 12.9. The predicted molar refractivity (Wildman–Crippen MR) is 128 cm³/mol. The van der Waals surface area contributed by atoms with E-state index in [0.717, 1.165) is 22.5 Å². The van der Waals surface area contributed by atoms with Crippen LogP contribution in [0.4, 0.5) is 0 Å².